The number of carbonyl (C=O) groups excluding carboxylic acids is 1. The summed E-state index contributed by atoms with van der Waals surface area (Å²) >= 11 is 6.18. The molecule has 1 aromatic carbocycles. The van der Waals surface area contributed by atoms with E-state index in [1.165, 1.54) is 0 Å². The predicted molar refractivity (Wildman–Crippen MR) is 79.6 cm³/mol. The van der Waals surface area contributed by atoms with Gasteiger partial charge in [0.1, 0.15) is 11.2 Å². The molecule has 0 radical (unpaired) electrons. The van der Waals surface area contributed by atoms with Crippen molar-refractivity contribution in [3.8, 4) is 0 Å². The average molecular weight is 301 g/mol. The zero-order valence-corrected chi connectivity index (χ0v) is 13.2. The maximum absolute atomic E-state index is 11.7. The van der Waals surface area contributed by atoms with Gasteiger partial charge in [0.2, 0.25) is 0 Å². The number of amides is 1. The minimum atomic E-state index is -0.707. The number of nitrogens with one attached hydrogen (secondary N) is 1. The molecule has 3 N–H and O–H groups in total. The molecule has 5 nitrogen and oxygen atoms in total. The molecule has 0 aliphatic heterocycles. The van der Waals surface area contributed by atoms with Crippen LogP contribution in [0, 0.1) is 0 Å². The first-order chi connectivity index (χ1) is 9.05. The summed E-state index contributed by atoms with van der Waals surface area (Å²) in [4.78, 5) is 16.6. The van der Waals surface area contributed by atoms with Crippen LogP contribution in [0.3, 0.4) is 0 Å². The maximum atomic E-state index is 11.7. The first kappa shape index (κ1) is 16.8. The van der Waals surface area contributed by atoms with Crippen molar-refractivity contribution in [3.05, 3.63) is 28.8 Å². The van der Waals surface area contributed by atoms with Crippen molar-refractivity contribution in [1.29, 1.82) is 0 Å². The molecule has 1 aromatic rings. The van der Waals surface area contributed by atoms with Gasteiger partial charge in [-0.25, -0.2) is 10.7 Å². The third-order valence-electron chi connectivity index (χ3n) is 2.56. The average Bonchev–Trinajstić information content (AvgIpc) is 2.25. The number of hydrogen-bond acceptors (Lipinski definition) is 4. The minimum absolute atomic E-state index is 0.453. The van der Waals surface area contributed by atoms with Crippen LogP contribution >= 0.6 is 11.6 Å². The molecular formula is C14H21ClN2O3. The fourth-order valence-electron chi connectivity index (χ4n) is 1.57. The molecule has 0 atom stereocenters. The van der Waals surface area contributed by atoms with E-state index in [1.807, 2.05) is 0 Å². The Morgan fingerprint density at radius 2 is 1.85 bits per heavy atom. The molecule has 0 bridgehead atoms. The monoisotopic (exact) mass is 300 g/mol. The van der Waals surface area contributed by atoms with Crippen molar-refractivity contribution in [3.63, 3.8) is 0 Å². The standard InChI is InChI=1S/C14H21ClN2O3/c1-13(2,3)19-12(18)17-9-6-7-10(11(15)8-9)14(4,5)20-16/h6-8H,16H2,1-5H3,(H,17,18). The van der Waals surface area contributed by atoms with E-state index >= 15 is 0 Å². The molecule has 0 saturated heterocycles. The Balaban J connectivity index is 2.86. The third-order valence-corrected chi connectivity index (χ3v) is 2.87. The Morgan fingerprint density at radius 1 is 1.25 bits per heavy atom. The summed E-state index contributed by atoms with van der Waals surface area (Å²) < 4.78 is 5.16. The first-order valence-corrected chi connectivity index (χ1v) is 6.61. The number of hydrogen-bond donors (Lipinski definition) is 2. The van der Waals surface area contributed by atoms with Gasteiger partial charge >= 0.3 is 6.09 Å². The van der Waals surface area contributed by atoms with Crippen molar-refractivity contribution >= 4 is 23.4 Å². The predicted octanol–water partition coefficient (Wildman–Crippen LogP) is 3.81. The molecule has 0 aliphatic carbocycles. The van der Waals surface area contributed by atoms with Gasteiger partial charge in [-0.1, -0.05) is 17.7 Å². The summed E-state index contributed by atoms with van der Waals surface area (Å²) in [6, 6.07) is 5.09. The van der Waals surface area contributed by atoms with Gasteiger partial charge in [0.25, 0.3) is 0 Å². The van der Waals surface area contributed by atoms with E-state index in [0.717, 1.165) is 5.56 Å². The lowest BCUT2D eigenvalue weighted by atomic mass is 9.98. The summed E-state index contributed by atoms with van der Waals surface area (Å²) in [5.74, 6) is 5.25. The Labute approximate surface area is 124 Å². The Bertz CT molecular complexity index is 496. The quantitative estimate of drug-likeness (QED) is 0.832. The molecular weight excluding hydrogens is 280 g/mol. The number of rotatable bonds is 3. The van der Waals surface area contributed by atoms with Crippen molar-refractivity contribution < 1.29 is 14.4 Å². The molecule has 0 heterocycles. The van der Waals surface area contributed by atoms with Gasteiger partial charge in [-0.2, -0.15) is 0 Å². The molecule has 1 rings (SSSR count). The summed E-state index contributed by atoms with van der Waals surface area (Å²) in [6.45, 7) is 8.99. The molecule has 20 heavy (non-hydrogen) atoms. The van der Waals surface area contributed by atoms with Crippen LogP contribution in [-0.4, -0.2) is 11.7 Å². The van der Waals surface area contributed by atoms with Gasteiger partial charge in [-0.3, -0.25) is 10.2 Å². The zero-order chi connectivity index (χ0) is 15.6. The Morgan fingerprint density at radius 3 is 2.30 bits per heavy atom. The lowest BCUT2D eigenvalue weighted by Crippen LogP contribution is -2.27. The van der Waals surface area contributed by atoms with Crippen molar-refractivity contribution in [1.82, 2.24) is 0 Å². The van der Waals surface area contributed by atoms with E-state index in [4.69, 9.17) is 27.1 Å². The summed E-state index contributed by atoms with van der Waals surface area (Å²) in [7, 11) is 0. The van der Waals surface area contributed by atoms with E-state index in [2.05, 4.69) is 5.32 Å². The number of ether oxygens (including phenoxy) is 1. The number of benzene rings is 1. The molecule has 0 unspecified atom stereocenters. The van der Waals surface area contributed by atoms with Crippen LogP contribution in [0.2, 0.25) is 5.02 Å². The van der Waals surface area contributed by atoms with Crippen LogP contribution in [-0.2, 0) is 15.2 Å². The maximum Gasteiger partial charge on any atom is 0.412 e. The fraction of sp³-hybridized carbons (Fsp3) is 0.500. The number of nitrogens with two attached hydrogens (primary N) is 1. The zero-order valence-electron chi connectivity index (χ0n) is 12.4. The topological polar surface area (TPSA) is 73.6 Å². The molecule has 0 spiro atoms. The van der Waals surface area contributed by atoms with Gasteiger partial charge in [0, 0.05) is 16.3 Å². The van der Waals surface area contributed by atoms with Gasteiger partial charge in [-0.05, 0) is 46.8 Å². The summed E-state index contributed by atoms with van der Waals surface area (Å²) in [5.41, 5.74) is 0.0160. The van der Waals surface area contributed by atoms with E-state index in [0.29, 0.717) is 10.7 Å². The largest absolute Gasteiger partial charge is 0.444 e. The second-order valence-electron chi connectivity index (χ2n) is 5.95. The van der Waals surface area contributed by atoms with Gasteiger partial charge in [0.15, 0.2) is 0 Å². The molecule has 0 saturated carbocycles. The third kappa shape index (κ3) is 4.67. The van der Waals surface area contributed by atoms with Gasteiger partial charge in [-0.15, -0.1) is 0 Å². The van der Waals surface area contributed by atoms with Crippen LogP contribution in [0.25, 0.3) is 0 Å². The molecule has 0 aliphatic rings. The first-order valence-electron chi connectivity index (χ1n) is 6.23. The normalized spacial score (nSPS) is 12.2. The second-order valence-corrected chi connectivity index (χ2v) is 6.36. The summed E-state index contributed by atoms with van der Waals surface area (Å²) in [6.07, 6.45) is -0.532. The second kappa shape index (κ2) is 5.99. The smallest absolute Gasteiger partial charge is 0.412 e. The van der Waals surface area contributed by atoms with Crippen molar-refractivity contribution in [2.24, 2.45) is 5.90 Å². The number of halogens is 1. The Kier molecular flexibility index (Phi) is 5.02. The lowest BCUT2D eigenvalue weighted by molar-refractivity contribution is -0.0235. The molecule has 0 fully saturated rings. The molecule has 112 valence electrons. The number of carbonyl (C=O) groups is 1. The van der Waals surface area contributed by atoms with E-state index in [1.54, 1.807) is 52.8 Å². The SMILES string of the molecule is CC(C)(C)OC(=O)Nc1ccc(C(C)(C)ON)c(Cl)c1. The van der Waals surface area contributed by atoms with Crippen LogP contribution < -0.4 is 11.2 Å². The molecule has 6 heteroatoms. The molecule has 0 aromatic heterocycles. The van der Waals surface area contributed by atoms with E-state index in [9.17, 15) is 4.79 Å². The lowest BCUT2D eigenvalue weighted by Gasteiger charge is -2.24. The van der Waals surface area contributed by atoms with E-state index < -0.39 is 17.3 Å². The molecule has 1 amide bonds. The summed E-state index contributed by atoms with van der Waals surface area (Å²) in [5, 5.41) is 3.07. The highest BCUT2D eigenvalue weighted by Crippen LogP contribution is 2.31. The highest BCUT2D eigenvalue weighted by atomic mass is 35.5. The van der Waals surface area contributed by atoms with Gasteiger partial charge < -0.3 is 4.74 Å². The van der Waals surface area contributed by atoms with E-state index in [-0.39, 0.29) is 0 Å². The van der Waals surface area contributed by atoms with Crippen LogP contribution in [0.1, 0.15) is 40.2 Å². The Hall–Kier alpha value is -1.30. The van der Waals surface area contributed by atoms with Crippen molar-refractivity contribution in [2.75, 3.05) is 5.32 Å². The highest BCUT2D eigenvalue weighted by molar-refractivity contribution is 6.31. The highest BCUT2D eigenvalue weighted by Gasteiger charge is 2.24. The van der Waals surface area contributed by atoms with Gasteiger partial charge in [0.05, 0.1) is 0 Å². The van der Waals surface area contributed by atoms with Crippen LogP contribution in [0.15, 0.2) is 18.2 Å². The van der Waals surface area contributed by atoms with Crippen LogP contribution in [0.4, 0.5) is 10.5 Å². The van der Waals surface area contributed by atoms with Crippen molar-refractivity contribution in [2.45, 2.75) is 45.8 Å². The number of anilines is 1. The van der Waals surface area contributed by atoms with Crippen LogP contribution in [0.5, 0.6) is 0 Å². The fourth-order valence-corrected chi connectivity index (χ4v) is 1.97. The minimum Gasteiger partial charge on any atom is -0.444 e.